The smallest absolute Gasteiger partial charge is 0.158 e. The number of allylic oxidation sites excluding steroid dienone is 24. The highest BCUT2D eigenvalue weighted by Crippen LogP contribution is 2.39. The van der Waals surface area contributed by atoms with E-state index in [1.807, 2.05) is 6.92 Å². The van der Waals surface area contributed by atoms with E-state index in [1.165, 1.54) is 27.9 Å². The summed E-state index contributed by atoms with van der Waals surface area (Å²) in [6.07, 6.45) is 37.0. The van der Waals surface area contributed by atoms with Crippen LogP contribution < -0.4 is 0 Å². The van der Waals surface area contributed by atoms with Crippen molar-refractivity contribution in [2.75, 3.05) is 0 Å². The standard InChI is InChI=1S/C40H52O/c1-30(18-13-20-32(3)23-25-36-34(5)22-15-28-39(36,7)8)16-11-12-17-31(2)19-14-21-33(4)24-26-37-35(6)38(41)27-29-40(37,9)10/h11-26H,27-29H2,1-10H3/b12-11+,18-13+,19-14+,25-23+,26-24+,30-16+,31-17+,32-20+,33-21+. The molecule has 0 atom stereocenters. The van der Waals surface area contributed by atoms with Crippen LogP contribution in [0.1, 0.15) is 88.5 Å². The van der Waals surface area contributed by atoms with Crippen molar-refractivity contribution < 1.29 is 4.79 Å². The van der Waals surface area contributed by atoms with Crippen molar-refractivity contribution in [3.63, 3.8) is 0 Å². The molecule has 0 N–H and O–H groups in total. The first kappa shape index (κ1) is 33.8. The molecule has 1 nitrogen and oxygen atoms in total. The van der Waals surface area contributed by atoms with Crippen LogP contribution in [-0.2, 0) is 4.79 Å². The second-order valence-corrected chi connectivity index (χ2v) is 12.8. The fraction of sp³-hybridized carbons (Fsp3) is 0.375. The van der Waals surface area contributed by atoms with Crippen LogP contribution in [0.2, 0.25) is 0 Å². The van der Waals surface area contributed by atoms with Crippen LogP contribution >= 0.6 is 0 Å². The summed E-state index contributed by atoms with van der Waals surface area (Å²) in [5.74, 6) is 0.278. The molecule has 0 spiro atoms. The maximum Gasteiger partial charge on any atom is 0.158 e. The maximum absolute atomic E-state index is 12.1. The van der Waals surface area contributed by atoms with Crippen LogP contribution in [0.25, 0.3) is 0 Å². The van der Waals surface area contributed by atoms with Gasteiger partial charge in [0.1, 0.15) is 0 Å². The third-order valence-electron chi connectivity index (χ3n) is 7.97. The molecule has 2 aliphatic rings. The van der Waals surface area contributed by atoms with Gasteiger partial charge in [0.2, 0.25) is 0 Å². The lowest BCUT2D eigenvalue weighted by molar-refractivity contribution is -0.116. The van der Waals surface area contributed by atoms with Gasteiger partial charge in [0.25, 0.3) is 0 Å². The zero-order valence-electron chi connectivity index (χ0n) is 27.3. The summed E-state index contributed by atoms with van der Waals surface area (Å²) in [4.78, 5) is 12.1. The Morgan fingerprint density at radius 1 is 0.659 bits per heavy atom. The van der Waals surface area contributed by atoms with Crippen LogP contribution in [0.5, 0.6) is 0 Å². The second-order valence-electron chi connectivity index (χ2n) is 12.8. The van der Waals surface area contributed by atoms with Crippen LogP contribution in [0.3, 0.4) is 0 Å². The largest absolute Gasteiger partial charge is 0.295 e. The summed E-state index contributed by atoms with van der Waals surface area (Å²) < 4.78 is 0. The average Bonchev–Trinajstić information content (AvgIpc) is 2.88. The Balaban J connectivity index is 1.91. The molecule has 0 fully saturated rings. The first-order valence-corrected chi connectivity index (χ1v) is 14.9. The van der Waals surface area contributed by atoms with Crippen LogP contribution in [0.15, 0.2) is 142 Å². The second kappa shape index (κ2) is 15.5. The van der Waals surface area contributed by atoms with E-state index in [-0.39, 0.29) is 16.6 Å². The van der Waals surface area contributed by atoms with E-state index in [9.17, 15) is 4.79 Å². The number of Topliss-reactive ketones (excluding diaryl/α,β-unsaturated/α-hetero) is 1. The molecule has 0 aromatic rings. The molecule has 0 radical (unpaired) electrons. The summed E-state index contributed by atoms with van der Waals surface area (Å²) in [5, 5.41) is 0. The zero-order chi connectivity index (χ0) is 30.6. The quantitative estimate of drug-likeness (QED) is 0.248. The molecule has 1 heteroatoms. The van der Waals surface area contributed by atoms with Crippen molar-refractivity contribution in [2.24, 2.45) is 10.8 Å². The van der Waals surface area contributed by atoms with Gasteiger partial charge >= 0.3 is 0 Å². The summed E-state index contributed by atoms with van der Waals surface area (Å²) in [5.41, 5.74) is 9.88. The van der Waals surface area contributed by atoms with Gasteiger partial charge in [-0.25, -0.2) is 0 Å². The van der Waals surface area contributed by atoms with Crippen LogP contribution in [-0.4, -0.2) is 5.78 Å². The van der Waals surface area contributed by atoms with Gasteiger partial charge in [0.15, 0.2) is 5.78 Å². The van der Waals surface area contributed by atoms with Gasteiger partial charge in [-0.2, -0.15) is 0 Å². The van der Waals surface area contributed by atoms with E-state index < -0.39 is 0 Å². The lowest BCUT2D eigenvalue weighted by Crippen LogP contribution is -2.24. The highest BCUT2D eigenvalue weighted by molar-refractivity contribution is 5.97. The monoisotopic (exact) mass is 548 g/mol. The molecule has 41 heavy (non-hydrogen) atoms. The molecule has 0 saturated heterocycles. The normalized spacial score (nSPS) is 21.4. The molecule has 0 saturated carbocycles. The zero-order valence-corrected chi connectivity index (χ0v) is 27.3. The van der Waals surface area contributed by atoms with Gasteiger partial charge in [0.05, 0.1) is 0 Å². The van der Waals surface area contributed by atoms with Gasteiger partial charge in [-0.1, -0.05) is 147 Å². The van der Waals surface area contributed by atoms with Gasteiger partial charge < -0.3 is 0 Å². The third-order valence-corrected chi connectivity index (χ3v) is 7.97. The lowest BCUT2D eigenvalue weighted by Gasteiger charge is -2.32. The summed E-state index contributed by atoms with van der Waals surface area (Å²) in [6.45, 7) is 21.7. The number of carbonyl (C=O) groups is 1. The third kappa shape index (κ3) is 11.2. The van der Waals surface area contributed by atoms with E-state index in [2.05, 4.69) is 160 Å². The molecule has 2 aliphatic carbocycles. The lowest BCUT2D eigenvalue weighted by atomic mass is 9.72. The molecule has 0 heterocycles. The van der Waals surface area contributed by atoms with Gasteiger partial charge in [-0.05, 0) is 87.5 Å². The molecule has 0 bridgehead atoms. The molecule has 218 valence electrons. The fourth-order valence-electron chi connectivity index (χ4n) is 5.15. The predicted octanol–water partition coefficient (Wildman–Crippen LogP) is 11.6. The minimum Gasteiger partial charge on any atom is -0.295 e. The van der Waals surface area contributed by atoms with Gasteiger partial charge in [-0.15, -0.1) is 0 Å². The van der Waals surface area contributed by atoms with Crippen molar-refractivity contribution in [1.82, 2.24) is 0 Å². The molecular weight excluding hydrogens is 496 g/mol. The SMILES string of the molecule is CC1=C(/C=C/C(C)=C/C=C/C(C)=C/C=C/C=C(C)/C=C/C=C(C)/C=C/C2=C(C)C(=O)CCC2(C)C)C(C)(C)CC=C1. The Labute approximate surface area is 251 Å². The van der Waals surface area contributed by atoms with E-state index in [4.69, 9.17) is 0 Å². The van der Waals surface area contributed by atoms with Crippen molar-refractivity contribution in [2.45, 2.75) is 88.5 Å². The predicted molar refractivity (Wildman–Crippen MR) is 182 cm³/mol. The van der Waals surface area contributed by atoms with Gasteiger partial charge in [0, 0.05) is 6.42 Å². The van der Waals surface area contributed by atoms with Crippen molar-refractivity contribution in [3.8, 4) is 0 Å². The van der Waals surface area contributed by atoms with Gasteiger partial charge in [-0.3, -0.25) is 4.79 Å². The minimum absolute atomic E-state index is 0.0489. The summed E-state index contributed by atoms with van der Waals surface area (Å²) in [7, 11) is 0. The van der Waals surface area contributed by atoms with Crippen molar-refractivity contribution in [3.05, 3.63) is 142 Å². The topological polar surface area (TPSA) is 17.1 Å². The summed E-state index contributed by atoms with van der Waals surface area (Å²) >= 11 is 0. The summed E-state index contributed by atoms with van der Waals surface area (Å²) in [6, 6.07) is 0. The van der Waals surface area contributed by atoms with E-state index in [1.54, 1.807) is 0 Å². The Morgan fingerprint density at radius 3 is 1.63 bits per heavy atom. The molecule has 0 aromatic carbocycles. The van der Waals surface area contributed by atoms with Crippen molar-refractivity contribution in [1.29, 1.82) is 0 Å². The Morgan fingerprint density at radius 2 is 1.12 bits per heavy atom. The van der Waals surface area contributed by atoms with Crippen LogP contribution in [0.4, 0.5) is 0 Å². The molecule has 0 aliphatic heterocycles. The molecule has 2 rings (SSSR count). The van der Waals surface area contributed by atoms with Crippen LogP contribution in [0, 0.1) is 10.8 Å². The van der Waals surface area contributed by atoms with E-state index in [0.717, 1.165) is 29.6 Å². The Hall–Kier alpha value is -3.45. The number of hydrogen-bond donors (Lipinski definition) is 0. The average molecular weight is 549 g/mol. The minimum atomic E-state index is 0.0489. The maximum atomic E-state index is 12.1. The van der Waals surface area contributed by atoms with E-state index >= 15 is 0 Å². The first-order valence-electron chi connectivity index (χ1n) is 14.9. The molecule has 0 amide bonds. The van der Waals surface area contributed by atoms with Crippen molar-refractivity contribution >= 4 is 5.78 Å². The Kier molecular flexibility index (Phi) is 12.8. The highest BCUT2D eigenvalue weighted by atomic mass is 16.1. The van der Waals surface area contributed by atoms with E-state index in [0.29, 0.717) is 6.42 Å². The number of rotatable bonds is 10. The number of carbonyl (C=O) groups excluding carboxylic acids is 1. The fourth-order valence-corrected chi connectivity index (χ4v) is 5.15. The number of ketones is 1. The molecule has 0 aromatic heterocycles. The molecular formula is C40H52O. The Bertz CT molecular complexity index is 1340. The number of hydrogen-bond acceptors (Lipinski definition) is 1. The molecule has 0 unspecified atom stereocenters. The first-order chi connectivity index (χ1) is 19.2. The highest BCUT2D eigenvalue weighted by Gasteiger charge is 2.30.